The van der Waals surface area contributed by atoms with Gasteiger partial charge in [-0.25, -0.2) is 0 Å². The number of halogens is 1. The summed E-state index contributed by atoms with van der Waals surface area (Å²) in [7, 11) is 1.76. The summed E-state index contributed by atoms with van der Waals surface area (Å²) in [6.07, 6.45) is 3.05. The first-order valence-corrected chi connectivity index (χ1v) is 6.36. The van der Waals surface area contributed by atoms with Gasteiger partial charge in [0.25, 0.3) is 5.91 Å². The van der Waals surface area contributed by atoms with Crippen molar-refractivity contribution in [2.75, 3.05) is 7.05 Å². The lowest BCUT2D eigenvalue weighted by molar-refractivity contribution is 0.0785. The zero-order valence-electron chi connectivity index (χ0n) is 9.26. The third kappa shape index (κ3) is 2.84. The van der Waals surface area contributed by atoms with Gasteiger partial charge in [-0.1, -0.05) is 11.6 Å². The van der Waals surface area contributed by atoms with Crippen molar-refractivity contribution in [2.24, 2.45) is 0 Å². The van der Waals surface area contributed by atoms with E-state index in [0.29, 0.717) is 17.1 Å². The molecule has 0 spiro atoms. The number of rotatable bonds is 3. The molecule has 2 aromatic rings. The summed E-state index contributed by atoms with van der Waals surface area (Å²) >= 11 is 7.56. The van der Waals surface area contributed by atoms with E-state index in [1.165, 1.54) is 6.20 Å². The van der Waals surface area contributed by atoms with Crippen LogP contribution in [0, 0.1) is 0 Å². The summed E-state index contributed by atoms with van der Waals surface area (Å²) in [6, 6.07) is 3.64. The van der Waals surface area contributed by atoms with Crippen LogP contribution in [0.3, 0.4) is 0 Å². The third-order valence-corrected chi connectivity index (χ3v) is 3.38. The summed E-state index contributed by atoms with van der Waals surface area (Å²) in [5.74, 6) is -0.0939. The van der Waals surface area contributed by atoms with E-state index >= 15 is 0 Å². The largest absolute Gasteiger partial charge is 0.337 e. The van der Waals surface area contributed by atoms with Crippen LogP contribution in [0.25, 0.3) is 0 Å². The van der Waals surface area contributed by atoms with Gasteiger partial charge < -0.3 is 4.90 Å². The van der Waals surface area contributed by atoms with Crippen LogP contribution in [0.5, 0.6) is 0 Å². The average molecular weight is 267 g/mol. The van der Waals surface area contributed by atoms with Gasteiger partial charge in [0, 0.05) is 26.0 Å². The van der Waals surface area contributed by atoms with E-state index in [4.69, 9.17) is 11.6 Å². The molecule has 88 valence electrons. The summed E-state index contributed by atoms with van der Waals surface area (Å²) < 4.78 is 0. The first-order valence-electron chi connectivity index (χ1n) is 5.04. The fourth-order valence-electron chi connectivity index (χ4n) is 1.48. The van der Waals surface area contributed by atoms with Crippen LogP contribution in [-0.4, -0.2) is 22.8 Å². The predicted octanol–water partition coefficient (Wildman–Crippen LogP) is 3.07. The molecule has 2 rings (SSSR count). The summed E-state index contributed by atoms with van der Waals surface area (Å²) in [5, 5.41) is 4.40. The minimum Gasteiger partial charge on any atom is -0.337 e. The van der Waals surface area contributed by atoms with Gasteiger partial charge in [0.2, 0.25) is 0 Å². The lowest BCUT2D eigenvalue weighted by Crippen LogP contribution is -2.26. The lowest BCUT2D eigenvalue weighted by atomic mass is 10.2. The van der Waals surface area contributed by atoms with Crippen LogP contribution in [0.15, 0.2) is 35.3 Å². The third-order valence-electron chi connectivity index (χ3n) is 2.35. The molecule has 0 radical (unpaired) electrons. The first-order chi connectivity index (χ1) is 8.18. The maximum atomic E-state index is 12.1. The highest BCUT2D eigenvalue weighted by molar-refractivity contribution is 7.07. The van der Waals surface area contributed by atoms with Gasteiger partial charge >= 0.3 is 0 Å². The second-order valence-electron chi connectivity index (χ2n) is 3.65. The minimum absolute atomic E-state index is 0.0939. The number of thiophene rings is 1. The fraction of sp³-hybridized carbons (Fsp3) is 0.167. The Morgan fingerprint density at radius 3 is 3.00 bits per heavy atom. The van der Waals surface area contributed by atoms with Crippen molar-refractivity contribution < 1.29 is 4.79 Å². The molecule has 0 aliphatic heterocycles. The molecule has 0 aliphatic carbocycles. The van der Waals surface area contributed by atoms with E-state index in [9.17, 15) is 4.79 Å². The molecule has 0 atom stereocenters. The maximum Gasteiger partial charge on any atom is 0.255 e. The van der Waals surface area contributed by atoms with Gasteiger partial charge in [-0.3, -0.25) is 9.78 Å². The highest BCUT2D eigenvalue weighted by atomic mass is 35.5. The average Bonchev–Trinajstić information content (AvgIpc) is 2.81. The molecule has 2 aromatic heterocycles. The monoisotopic (exact) mass is 266 g/mol. The van der Waals surface area contributed by atoms with Gasteiger partial charge in [-0.05, 0) is 28.5 Å². The Morgan fingerprint density at radius 2 is 2.35 bits per heavy atom. The molecule has 0 saturated heterocycles. The highest BCUT2D eigenvalue weighted by Gasteiger charge is 2.15. The number of aromatic nitrogens is 1. The Balaban J connectivity index is 2.13. The normalized spacial score (nSPS) is 10.2. The number of carbonyl (C=O) groups excluding carboxylic acids is 1. The van der Waals surface area contributed by atoms with Crippen molar-refractivity contribution in [3.63, 3.8) is 0 Å². The molecular formula is C12H11ClN2OS. The molecule has 0 aliphatic rings. The molecule has 0 bridgehead atoms. The minimum atomic E-state index is -0.0939. The van der Waals surface area contributed by atoms with Gasteiger partial charge in [0.15, 0.2) is 0 Å². The van der Waals surface area contributed by atoms with Crippen LogP contribution >= 0.6 is 22.9 Å². The number of nitrogens with zero attached hydrogens (tertiary/aromatic N) is 2. The molecule has 0 N–H and O–H groups in total. The Bertz CT molecular complexity index is 513. The maximum absolute atomic E-state index is 12.1. The molecule has 5 heteroatoms. The first kappa shape index (κ1) is 12.1. The van der Waals surface area contributed by atoms with E-state index in [1.54, 1.807) is 35.5 Å². The molecule has 0 unspecified atom stereocenters. The Hall–Kier alpha value is -1.39. The Morgan fingerprint density at radius 1 is 1.53 bits per heavy atom. The van der Waals surface area contributed by atoms with Crippen LogP contribution in [0.4, 0.5) is 0 Å². The van der Waals surface area contributed by atoms with Crippen molar-refractivity contribution in [2.45, 2.75) is 6.54 Å². The Labute approximate surface area is 109 Å². The number of pyridine rings is 1. The van der Waals surface area contributed by atoms with Gasteiger partial charge in [-0.2, -0.15) is 11.3 Å². The van der Waals surface area contributed by atoms with E-state index in [-0.39, 0.29) is 5.91 Å². The zero-order valence-corrected chi connectivity index (χ0v) is 10.8. The fourth-order valence-corrected chi connectivity index (χ4v) is 2.34. The molecule has 1 amide bonds. The van der Waals surface area contributed by atoms with Crippen molar-refractivity contribution in [1.82, 2.24) is 9.88 Å². The van der Waals surface area contributed by atoms with Gasteiger partial charge in [0.1, 0.15) is 0 Å². The molecule has 3 nitrogen and oxygen atoms in total. The van der Waals surface area contributed by atoms with E-state index in [0.717, 1.165) is 5.56 Å². The molecule has 2 heterocycles. The molecule has 0 fully saturated rings. The predicted molar refractivity (Wildman–Crippen MR) is 69.4 cm³/mol. The van der Waals surface area contributed by atoms with Gasteiger partial charge in [0.05, 0.1) is 10.6 Å². The number of hydrogen-bond donors (Lipinski definition) is 0. The van der Waals surface area contributed by atoms with Crippen molar-refractivity contribution in [3.05, 3.63) is 51.4 Å². The highest BCUT2D eigenvalue weighted by Crippen LogP contribution is 2.17. The number of hydrogen-bond acceptors (Lipinski definition) is 3. The van der Waals surface area contributed by atoms with Crippen LogP contribution < -0.4 is 0 Å². The van der Waals surface area contributed by atoms with Crippen molar-refractivity contribution >= 4 is 28.8 Å². The molecule has 0 aromatic carbocycles. The topological polar surface area (TPSA) is 33.2 Å². The van der Waals surface area contributed by atoms with Gasteiger partial charge in [-0.15, -0.1) is 0 Å². The van der Waals surface area contributed by atoms with E-state index < -0.39 is 0 Å². The smallest absolute Gasteiger partial charge is 0.255 e. The molecular weight excluding hydrogens is 256 g/mol. The number of carbonyl (C=O) groups is 1. The molecule has 17 heavy (non-hydrogen) atoms. The standard InChI is InChI=1S/C12H11ClN2OS/c1-15(7-9-3-5-17-8-9)12(16)10-2-4-14-6-11(10)13/h2-6,8H,7H2,1H3. The summed E-state index contributed by atoms with van der Waals surface area (Å²) in [6.45, 7) is 0.584. The second kappa shape index (κ2) is 5.29. The van der Waals surface area contributed by atoms with Crippen LogP contribution in [-0.2, 0) is 6.54 Å². The SMILES string of the molecule is CN(Cc1ccsc1)C(=O)c1ccncc1Cl. The van der Waals surface area contributed by atoms with Crippen LogP contribution in [0.1, 0.15) is 15.9 Å². The zero-order chi connectivity index (χ0) is 12.3. The second-order valence-corrected chi connectivity index (χ2v) is 4.84. The molecule has 0 saturated carbocycles. The van der Waals surface area contributed by atoms with Crippen molar-refractivity contribution in [1.29, 1.82) is 0 Å². The van der Waals surface area contributed by atoms with Crippen molar-refractivity contribution in [3.8, 4) is 0 Å². The lowest BCUT2D eigenvalue weighted by Gasteiger charge is -2.16. The Kier molecular flexibility index (Phi) is 3.76. The summed E-state index contributed by atoms with van der Waals surface area (Å²) in [5.41, 5.74) is 1.61. The van der Waals surface area contributed by atoms with Crippen LogP contribution in [0.2, 0.25) is 5.02 Å². The number of amides is 1. The summed E-state index contributed by atoms with van der Waals surface area (Å²) in [4.78, 5) is 17.6. The van der Waals surface area contributed by atoms with E-state index in [2.05, 4.69) is 4.98 Å². The quantitative estimate of drug-likeness (QED) is 0.855. The van der Waals surface area contributed by atoms with E-state index in [1.807, 2.05) is 16.8 Å².